The maximum atomic E-state index is 12.2. The van der Waals surface area contributed by atoms with Crippen LogP contribution < -0.4 is 10.1 Å². The van der Waals surface area contributed by atoms with Gasteiger partial charge in [-0.25, -0.2) is 0 Å². The molecule has 0 saturated carbocycles. The van der Waals surface area contributed by atoms with Gasteiger partial charge < -0.3 is 10.1 Å². The molecule has 0 spiro atoms. The minimum absolute atomic E-state index is 0.0973. The van der Waals surface area contributed by atoms with E-state index in [0.717, 1.165) is 30.9 Å². The van der Waals surface area contributed by atoms with Crippen molar-refractivity contribution < 1.29 is 9.53 Å². The summed E-state index contributed by atoms with van der Waals surface area (Å²) < 4.78 is 5.61. The van der Waals surface area contributed by atoms with Gasteiger partial charge in [-0.15, -0.1) is 0 Å². The van der Waals surface area contributed by atoms with E-state index in [-0.39, 0.29) is 5.91 Å². The van der Waals surface area contributed by atoms with Crippen LogP contribution >= 0.6 is 0 Å². The maximum Gasteiger partial charge on any atom is 0.255 e. The molecule has 0 aliphatic rings. The van der Waals surface area contributed by atoms with E-state index in [9.17, 15) is 4.79 Å². The van der Waals surface area contributed by atoms with Gasteiger partial charge in [0, 0.05) is 11.3 Å². The molecule has 0 bridgehead atoms. The smallest absolute Gasteiger partial charge is 0.255 e. The van der Waals surface area contributed by atoms with Crippen LogP contribution in [-0.2, 0) is 0 Å². The summed E-state index contributed by atoms with van der Waals surface area (Å²) in [6.45, 7) is 7.14. The summed E-state index contributed by atoms with van der Waals surface area (Å²) in [6.07, 6.45) is 2.16. The highest BCUT2D eigenvalue weighted by atomic mass is 16.5. The van der Waals surface area contributed by atoms with E-state index in [0.29, 0.717) is 11.5 Å². The lowest BCUT2D eigenvalue weighted by molar-refractivity contribution is 0.102. The fourth-order valence-electron chi connectivity index (χ4n) is 2.19. The molecule has 0 heterocycles. The number of benzene rings is 2. The molecule has 0 unspecified atom stereocenters. The Kier molecular flexibility index (Phi) is 6.21. The van der Waals surface area contributed by atoms with Gasteiger partial charge in [0.1, 0.15) is 5.75 Å². The molecule has 23 heavy (non-hydrogen) atoms. The summed E-state index contributed by atoms with van der Waals surface area (Å²) >= 11 is 0. The summed E-state index contributed by atoms with van der Waals surface area (Å²) in [7, 11) is 0. The van der Waals surface area contributed by atoms with Crippen molar-refractivity contribution in [3.63, 3.8) is 0 Å². The Balaban J connectivity index is 1.94. The van der Waals surface area contributed by atoms with Crippen LogP contribution in [0.5, 0.6) is 5.75 Å². The van der Waals surface area contributed by atoms with Crippen LogP contribution in [0.15, 0.2) is 48.5 Å². The zero-order valence-electron chi connectivity index (χ0n) is 14.1. The third-order valence-electron chi connectivity index (χ3n) is 3.72. The second-order valence-corrected chi connectivity index (χ2v) is 5.96. The van der Waals surface area contributed by atoms with Crippen molar-refractivity contribution in [2.75, 3.05) is 11.9 Å². The molecule has 0 radical (unpaired) electrons. The van der Waals surface area contributed by atoms with Gasteiger partial charge in [-0.1, -0.05) is 39.3 Å². The molecule has 0 atom stereocenters. The van der Waals surface area contributed by atoms with E-state index in [1.807, 2.05) is 48.5 Å². The normalized spacial score (nSPS) is 10.6. The number of hydrogen-bond donors (Lipinski definition) is 1. The first-order valence-electron chi connectivity index (χ1n) is 8.24. The Labute approximate surface area is 138 Å². The molecule has 0 aliphatic carbocycles. The van der Waals surface area contributed by atoms with Crippen molar-refractivity contribution in [3.8, 4) is 5.75 Å². The lowest BCUT2D eigenvalue weighted by Gasteiger charge is -2.09. The Morgan fingerprint density at radius 1 is 1.04 bits per heavy atom. The zero-order valence-corrected chi connectivity index (χ0v) is 14.1. The summed E-state index contributed by atoms with van der Waals surface area (Å²) in [5.74, 6) is 1.20. The Hall–Kier alpha value is -2.29. The Bertz CT molecular complexity index is 615. The summed E-state index contributed by atoms with van der Waals surface area (Å²) in [5.41, 5.74) is 2.67. The molecule has 1 amide bonds. The van der Waals surface area contributed by atoms with Crippen LogP contribution in [0.4, 0.5) is 5.69 Å². The number of amides is 1. The van der Waals surface area contributed by atoms with E-state index in [1.165, 1.54) is 5.56 Å². The monoisotopic (exact) mass is 311 g/mol. The summed E-state index contributed by atoms with van der Waals surface area (Å²) in [5, 5.41) is 2.91. The van der Waals surface area contributed by atoms with Gasteiger partial charge in [0.05, 0.1) is 6.61 Å². The molecule has 0 aliphatic heterocycles. The predicted molar refractivity (Wildman–Crippen MR) is 95.3 cm³/mol. The van der Waals surface area contributed by atoms with Crippen molar-refractivity contribution in [1.82, 2.24) is 0 Å². The van der Waals surface area contributed by atoms with E-state index in [4.69, 9.17) is 4.74 Å². The number of carbonyl (C=O) groups excluding carboxylic acids is 1. The largest absolute Gasteiger partial charge is 0.494 e. The quantitative estimate of drug-likeness (QED) is 0.710. The molecule has 2 rings (SSSR count). The molecule has 3 nitrogen and oxygen atoms in total. The third kappa shape index (κ3) is 5.13. The van der Waals surface area contributed by atoms with Crippen molar-refractivity contribution in [2.24, 2.45) is 0 Å². The fraction of sp³-hybridized carbons (Fsp3) is 0.350. The van der Waals surface area contributed by atoms with Gasteiger partial charge in [0.25, 0.3) is 5.91 Å². The molecule has 0 saturated heterocycles. The summed E-state index contributed by atoms with van der Waals surface area (Å²) in [4.78, 5) is 12.2. The highest BCUT2D eigenvalue weighted by Crippen LogP contribution is 2.18. The van der Waals surface area contributed by atoms with Crippen molar-refractivity contribution in [1.29, 1.82) is 0 Å². The van der Waals surface area contributed by atoms with E-state index >= 15 is 0 Å². The van der Waals surface area contributed by atoms with E-state index < -0.39 is 0 Å². The number of hydrogen-bond acceptors (Lipinski definition) is 2. The summed E-state index contributed by atoms with van der Waals surface area (Å²) in [6, 6.07) is 15.2. The van der Waals surface area contributed by atoms with Crippen LogP contribution in [0.1, 0.15) is 55.5 Å². The average molecular weight is 311 g/mol. The first-order valence-corrected chi connectivity index (χ1v) is 8.24. The topological polar surface area (TPSA) is 38.3 Å². The van der Waals surface area contributed by atoms with E-state index in [2.05, 4.69) is 26.1 Å². The molecule has 122 valence electrons. The SMILES string of the molecule is CCCCOc1ccc(NC(=O)c2ccc(C(C)C)cc2)cc1. The number of unbranched alkanes of at least 4 members (excludes halogenated alkanes) is 1. The molecule has 2 aromatic rings. The predicted octanol–water partition coefficient (Wildman–Crippen LogP) is 5.24. The lowest BCUT2D eigenvalue weighted by atomic mass is 10.0. The van der Waals surface area contributed by atoms with Gasteiger partial charge in [-0.3, -0.25) is 4.79 Å². The van der Waals surface area contributed by atoms with Gasteiger partial charge in [0.15, 0.2) is 0 Å². The third-order valence-corrected chi connectivity index (χ3v) is 3.72. The molecule has 0 fully saturated rings. The lowest BCUT2D eigenvalue weighted by Crippen LogP contribution is -2.11. The second-order valence-electron chi connectivity index (χ2n) is 5.96. The van der Waals surface area contributed by atoms with Crippen molar-refractivity contribution in [2.45, 2.75) is 39.5 Å². The van der Waals surface area contributed by atoms with E-state index in [1.54, 1.807) is 0 Å². The molecule has 2 aromatic carbocycles. The Morgan fingerprint density at radius 2 is 1.70 bits per heavy atom. The van der Waals surface area contributed by atoms with Gasteiger partial charge in [0.2, 0.25) is 0 Å². The molecular formula is C20H25NO2. The number of anilines is 1. The fourth-order valence-corrected chi connectivity index (χ4v) is 2.19. The van der Waals surface area contributed by atoms with Crippen LogP contribution in [0, 0.1) is 0 Å². The second kappa shape index (κ2) is 8.37. The number of rotatable bonds is 7. The standard InChI is InChI=1S/C20H25NO2/c1-4-5-14-23-19-12-10-18(11-13-19)21-20(22)17-8-6-16(7-9-17)15(2)3/h6-13,15H,4-5,14H2,1-3H3,(H,21,22). The first kappa shape index (κ1) is 17.1. The minimum Gasteiger partial charge on any atom is -0.494 e. The van der Waals surface area contributed by atoms with Crippen LogP contribution in [-0.4, -0.2) is 12.5 Å². The number of nitrogens with one attached hydrogen (secondary N) is 1. The Morgan fingerprint density at radius 3 is 2.26 bits per heavy atom. The molecule has 3 heteroatoms. The average Bonchev–Trinajstić information content (AvgIpc) is 2.56. The highest BCUT2D eigenvalue weighted by molar-refractivity contribution is 6.04. The minimum atomic E-state index is -0.0973. The van der Waals surface area contributed by atoms with Crippen LogP contribution in [0.3, 0.4) is 0 Å². The highest BCUT2D eigenvalue weighted by Gasteiger charge is 2.07. The zero-order chi connectivity index (χ0) is 16.7. The van der Waals surface area contributed by atoms with Crippen molar-refractivity contribution >= 4 is 11.6 Å². The van der Waals surface area contributed by atoms with Crippen LogP contribution in [0.25, 0.3) is 0 Å². The maximum absolute atomic E-state index is 12.2. The molecule has 1 N–H and O–H groups in total. The number of ether oxygens (including phenoxy) is 1. The van der Waals surface area contributed by atoms with Crippen LogP contribution in [0.2, 0.25) is 0 Å². The van der Waals surface area contributed by atoms with Crippen molar-refractivity contribution in [3.05, 3.63) is 59.7 Å². The first-order chi connectivity index (χ1) is 11.1. The molecule has 0 aromatic heterocycles. The number of carbonyl (C=O) groups is 1. The van der Waals surface area contributed by atoms with Gasteiger partial charge in [-0.2, -0.15) is 0 Å². The van der Waals surface area contributed by atoms with Gasteiger partial charge in [-0.05, 0) is 54.3 Å². The molecular weight excluding hydrogens is 286 g/mol. The van der Waals surface area contributed by atoms with Gasteiger partial charge >= 0.3 is 0 Å².